The molecule has 0 aliphatic heterocycles. The van der Waals surface area contributed by atoms with Gasteiger partial charge in [-0.1, -0.05) is 49.6 Å². The minimum atomic E-state index is -2.40. The molecule has 3 nitrogen and oxygen atoms in total. The molecule has 1 aliphatic rings. The lowest BCUT2D eigenvalue weighted by molar-refractivity contribution is -0.0997. The number of alkyl halides is 1. The first-order chi connectivity index (χ1) is 9.95. The molecular weight excluding hydrogens is 269 g/mol. The van der Waals surface area contributed by atoms with E-state index in [9.17, 15) is 14.6 Å². The average Bonchev–Trinajstić information content (AvgIpc) is 2.46. The SMILES string of the molecule is NCCC(O)(F)c1cccc(C=CC2(O)CCCCC2)c1. The first kappa shape index (κ1) is 16.1. The van der Waals surface area contributed by atoms with Crippen LogP contribution in [0.5, 0.6) is 0 Å². The van der Waals surface area contributed by atoms with Gasteiger partial charge in [-0.25, -0.2) is 4.39 Å². The van der Waals surface area contributed by atoms with E-state index in [4.69, 9.17) is 5.73 Å². The molecule has 1 unspecified atom stereocenters. The summed E-state index contributed by atoms with van der Waals surface area (Å²) in [5.74, 6) is -2.40. The van der Waals surface area contributed by atoms with Gasteiger partial charge in [0.05, 0.1) is 5.60 Å². The zero-order valence-electron chi connectivity index (χ0n) is 12.3. The lowest BCUT2D eigenvalue weighted by atomic mass is 9.84. The summed E-state index contributed by atoms with van der Waals surface area (Å²) in [5, 5.41) is 20.2. The quantitative estimate of drug-likeness (QED) is 0.782. The molecule has 0 saturated heterocycles. The fraction of sp³-hybridized carbons (Fsp3) is 0.529. The van der Waals surface area contributed by atoms with Crippen molar-refractivity contribution in [2.24, 2.45) is 5.73 Å². The Labute approximate surface area is 125 Å². The molecule has 116 valence electrons. The summed E-state index contributed by atoms with van der Waals surface area (Å²) in [5.41, 5.74) is 5.53. The second-order valence-corrected chi connectivity index (χ2v) is 5.92. The van der Waals surface area contributed by atoms with Crippen LogP contribution in [0.1, 0.15) is 49.7 Å². The monoisotopic (exact) mass is 293 g/mol. The van der Waals surface area contributed by atoms with E-state index in [-0.39, 0.29) is 18.5 Å². The molecule has 1 fully saturated rings. The molecule has 4 heteroatoms. The number of aliphatic hydroxyl groups is 2. The zero-order valence-corrected chi connectivity index (χ0v) is 12.3. The van der Waals surface area contributed by atoms with Gasteiger partial charge in [0.2, 0.25) is 5.85 Å². The van der Waals surface area contributed by atoms with Crippen molar-refractivity contribution in [3.63, 3.8) is 0 Å². The van der Waals surface area contributed by atoms with Crippen molar-refractivity contribution in [1.29, 1.82) is 0 Å². The Bertz CT molecular complexity index is 493. The molecule has 1 saturated carbocycles. The highest BCUT2D eigenvalue weighted by atomic mass is 19.2. The molecule has 0 heterocycles. The Morgan fingerprint density at radius 3 is 2.67 bits per heavy atom. The Hall–Kier alpha value is -1.23. The number of hydrogen-bond acceptors (Lipinski definition) is 3. The van der Waals surface area contributed by atoms with Gasteiger partial charge in [-0.2, -0.15) is 0 Å². The van der Waals surface area contributed by atoms with E-state index in [2.05, 4.69) is 0 Å². The largest absolute Gasteiger partial charge is 0.386 e. The number of hydrogen-bond donors (Lipinski definition) is 3. The standard InChI is InChI=1S/C17H24FNO2/c18-17(21,11-12-19)15-6-4-5-14(13-15)7-10-16(20)8-2-1-3-9-16/h4-7,10,13,20-21H,1-3,8-9,11-12,19H2. The second kappa shape index (κ2) is 6.69. The second-order valence-electron chi connectivity index (χ2n) is 5.92. The molecule has 1 aromatic rings. The van der Waals surface area contributed by atoms with E-state index in [1.165, 1.54) is 6.42 Å². The van der Waals surface area contributed by atoms with Gasteiger partial charge >= 0.3 is 0 Å². The van der Waals surface area contributed by atoms with Gasteiger partial charge in [-0.05, 0) is 31.0 Å². The van der Waals surface area contributed by atoms with Gasteiger partial charge in [-0.15, -0.1) is 0 Å². The first-order valence-corrected chi connectivity index (χ1v) is 7.59. The van der Waals surface area contributed by atoms with Gasteiger partial charge in [0.25, 0.3) is 0 Å². The summed E-state index contributed by atoms with van der Waals surface area (Å²) in [7, 11) is 0. The maximum Gasteiger partial charge on any atom is 0.234 e. The van der Waals surface area contributed by atoms with Crippen LogP contribution >= 0.6 is 0 Å². The number of rotatable bonds is 5. The summed E-state index contributed by atoms with van der Waals surface area (Å²) in [4.78, 5) is 0. The Balaban J connectivity index is 2.14. The molecule has 0 spiro atoms. The van der Waals surface area contributed by atoms with Crippen molar-refractivity contribution in [1.82, 2.24) is 0 Å². The molecule has 0 radical (unpaired) electrons. The molecule has 1 aromatic carbocycles. The third kappa shape index (κ3) is 4.37. The summed E-state index contributed by atoms with van der Waals surface area (Å²) in [6.07, 6.45) is 8.22. The fourth-order valence-electron chi connectivity index (χ4n) is 2.80. The van der Waals surface area contributed by atoms with Crippen LogP contribution in [0.4, 0.5) is 4.39 Å². The van der Waals surface area contributed by atoms with Crippen LogP contribution in [0, 0.1) is 0 Å². The lowest BCUT2D eigenvalue weighted by Crippen LogP contribution is -2.28. The van der Waals surface area contributed by atoms with Gasteiger partial charge in [0, 0.05) is 12.0 Å². The van der Waals surface area contributed by atoms with E-state index in [0.717, 1.165) is 31.2 Å². The van der Waals surface area contributed by atoms with Crippen LogP contribution in [0.25, 0.3) is 6.08 Å². The highest BCUT2D eigenvalue weighted by Gasteiger charge is 2.28. The summed E-state index contributed by atoms with van der Waals surface area (Å²) in [6, 6.07) is 6.66. The van der Waals surface area contributed by atoms with Crippen LogP contribution in [-0.2, 0) is 5.85 Å². The van der Waals surface area contributed by atoms with Crippen molar-refractivity contribution in [3.05, 3.63) is 41.5 Å². The van der Waals surface area contributed by atoms with Crippen molar-refractivity contribution < 1.29 is 14.6 Å². The van der Waals surface area contributed by atoms with Gasteiger partial charge in [0.15, 0.2) is 0 Å². The van der Waals surface area contributed by atoms with E-state index in [1.54, 1.807) is 30.4 Å². The molecule has 4 N–H and O–H groups in total. The summed E-state index contributed by atoms with van der Waals surface area (Å²) >= 11 is 0. The topological polar surface area (TPSA) is 66.5 Å². The van der Waals surface area contributed by atoms with Crippen molar-refractivity contribution in [3.8, 4) is 0 Å². The lowest BCUT2D eigenvalue weighted by Gasteiger charge is -2.28. The molecule has 0 amide bonds. The maximum absolute atomic E-state index is 14.1. The van der Waals surface area contributed by atoms with E-state index in [0.29, 0.717) is 0 Å². The van der Waals surface area contributed by atoms with Crippen LogP contribution in [0.15, 0.2) is 30.3 Å². The van der Waals surface area contributed by atoms with E-state index >= 15 is 0 Å². The van der Waals surface area contributed by atoms with Gasteiger partial charge < -0.3 is 15.9 Å². The fourth-order valence-corrected chi connectivity index (χ4v) is 2.80. The molecule has 2 rings (SSSR count). The summed E-state index contributed by atoms with van der Waals surface area (Å²) < 4.78 is 14.1. The maximum atomic E-state index is 14.1. The van der Waals surface area contributed by atoms with Crippen LogP contribution in [0.3, 0.4) is 0 Å². The minimum absolute atomic E-state index is 0.0762. The van der Waals surface area contributed by atoms with Gasteiger partial charge in [0.1, 0.15) is 0 Å². The van der Waals surface area contributed by atoms with Crippen LogP contribution < -0.4 is 5.73 Å². The zero-order chi connectivity index (χ0) is 15.3. The minimum Gasteiger partial charge on any atom is -0.386 e. The smallest absolute Gasteiger partial charge is 0.234 e. The molecule has 1 atom stereocenters. The van der Waals surface area contributed by atoms with E-state index < -0.39 is 11.5 Å². The Kier molecular flexibility index (Phi) is 5.14. The van der Waals surface area contributed by atoms with Crippen LogP contribution in [0.2, 0.25) is 0 Å². The van der Waals surface area contributed by atoms with Crippen LogP contribution in [-0.4, -0.2) is 22.4 Å². The van der Waals surface area contributed by atoms with Crippen molar-refractivity contribution in [2.45, 2.75) is 50.0 Å². The summed E-state index contributed by atoms with van der Waals surface area (Å²) in [6.45, 7) is 0.0762. The van der Waals surface area contributed by atoms with Gasteiger partial charge in [-0.3, -0.25) is 0 Å². The van der Waals surface area contributed by atoms with Crippen molar-refractivity contribution >= 4 is 6.08 Å². The van der Waals surface area contributed by atoms with E-state index in [1.807, 2.05) is 6.07 Å². The number of nitrogens with two attached hydrogens (primary N) is 1. The predicted molar refractivity (Wildman–Crippen MR) is 82.2 cm³/mol. The average molecular weight is 293 g/mol. The highest BCUT2D eigenvalue weighted by molar-refractivity contribution is 5.52. The molecule has 1 aliphatic carbocycles. The molecular formula is C17H24FNO2. The normalized spacial score (nSPS) is 21.3. The Morgan fingerprint density at radius 1 is 1.29 bits per heavy atom. The third-order valence-electron chi connectivity index (χ3n) is 4.11. The number of halogens is 1. The third-order valence-corrected chi connectivity index (χ3v) is 4.11. The first-order valence-electron chi connectivity index (χ1n) is 7.59. The molecule has 0 bridgehead atoms. The Morgan fingerprint density at radius 2 is 2.00 bits per heavy atom. The molecule has 0 aromatic heterocycles. The van der Waals surface area contributed by atoms with Crippen molar-refractivity contribution in [2.75, 3.05) is 6.54 Å². The predicted octanol–water partition coefficient (Wildman–Crippen LogP) is 2.86. The highest BCUT2D eigenvalue weighted by Crippen LogP contribution is 2.31. The molecule has 21 heavy (non-hydrogen) atoms. The number of benzene rings is 1.